The number of halogens is 1. The summed E-state index contributed by atoms with van der Waals surface area (Å²) in [4.78, 5) is 0. The lowest BCUT2D eigenvalue weighted by atomic mass is 10.1. The molecule has 0 aliphatic carbocycles. The van der Waals surface area contributed by atoms with Crippen molar-refractivity contribution >= 4 is 11.6 Å². The maximum Gasteiger partial charge on any atom is 0.0847 e. The highest BCUT2D eigenvalue weighted by atomic mass is 35.5. The number of hydrogen-bond acceptors (Lipinski definition) is 3. The maximum absolute atomic E-state index is 6.30. The molecule has 0 aliphatic rings. The summed E-state index contributed by atoms with van der Waals surface area (Å²) < 4.78 is 7.62. The van der Waals surface area contributed by atoms with Crippen LogP contribution in [-0.2, 0) is 17.7 Å². The fourth-order valence-electron chi connectivity index (χ4n) is 1.85. The van der Waals surface area contributed by atoms with Crippen LogP contribution in [0.1, 0.15) is 32.2 Å². The molecule has 4 nitrogen and oxygen atoms in total. The Morgan fingerprint density at radius 3 is 2.61 bits per heavy atom. The minimum atomic E-state index is 0.245. The van der Waals surface area contributed by atoms with Gasteiger partial charge in [0.05, 0.1) is 29.1 Å². The molecule has 0 saturated carbocycles. The quantitative estimate of drug-likeness (QED) is 0.829. The number of aromatic nitrogens is 2. The Balaban J connectivity index is 2.74. The summed E-state index contributed by atoms with van der Waals surface area (Å²) in [7, 11) is 1.95. The molecule has 1 rings (SSSR count). The first-order chi connectivity index (χ1) is 8.49. The molecular weight excluding hydrogens is 250 g/mol. The van der Waals surface area contributed by atoms with E-state index in [-0.39, 0.29) is 12.1 Å². The Bertz CT molecular complexity index is 377. The summed E-state index contributed by atoms with van der Waals surface area (Å²) in [5.74, 6) is 0. The van der Waals surface area contributed by atoms with Crippen LogP contribution in [0.25, 0.3) is 0 Å². The van der Waals surface area contributed by atoms with Gasteiger partial charge in [0.1, 0.15) is 0 Å². The van der Waals surface area contributed by atoms with E-state index in [0.717, 1.165) is 29.4 Å². The molecule has 0 spiro atoms. The predicted molar refractivity (Wildman–Crippen MR) is 75.3 cm³/mol. The molecule has 0 aromatic carbocycles. The van der Waals surface area contributed by atoms with Gasteiger partial charge in [0.15, 0.2) is 0 Å². The number of ether oxygens (including phenoxy) is 1. The number of nitrogens with one attached hydrogen (secondary N) is 1. The molecule has 1 unspecified atom stereocenters. The van der Waals surface area contributed by atoms with Crippen molar-refractivity contribution in [2.45, 2.75) is 52.8 Å². The molecule has 5 heteroatoms. The van der Waals surface area contributed by atoms with E-state index in [2.05, 4.69) is 17.3 Å². The van der Waals surface area contributed by atoms with Crippen molar-refractivity contribution < 1.29 is 4.74 Å². The van der Waals surface area contributed by atoms with Gasteiger partial charge in [-0.3, -0.25) is 4.68 Å². The standard InChI is InChI=1S/C13H24ClN3O/c1-6-17-12(13(14)10(4)16-17)7-11(15-5)8-18-9(2)3/h9,11,15H,6-8H2,1-5H3. The molecule has 0 fully saturated rings. The second kappa shape index (κ2) is 7.12. The van der Waals surface area contributed by atoms with E-state index in [4.69, 9.17) is 16.3 Å². The summed E-state index contributed by atoms with van der Waals surface area (Å²) in [5.41, 5.74) is 1.98. The third-order valence-electron chi connectivity index (χ3n) is 2.93. The maximum atomic E-state index is 6.30. The van der Waals surface area contributed by atoms with E-state index in [1.807, 2.05) is 32.5 Å². The number of nitrogens with zero attached hydrogens (tertiary/aromatic N) is 2. The summed E-state index contributed by atoms with van der Waals surface area (Å²) >= 11 is 6.30. The van der Waals surface area contributed by atoms with Crippen LogP contribution in [0.15, 0.2) is 0 Å². The van der Waals surface area contributed by atoms with Crippen LogP contribution in [0.5, 0.6) is 0 Å². The van der Waals surface area contributed by atoms with Gasteiger partial charge < -0.3 is 10.1 Å². The van der Waals surface area contributed by atoms with Crippen LogP contribution in [0, 0.1) is 6.92 Å². The van der Waals surface area contributed by atoms with Gasteiger partial charge in [0, 0.05) is 19.0 Å². The molecule has 18 heavy (non-hydrogen) atoms. The lowest BCUT2D eigenvalue weighted by molar-refractivity contribution is 0.0624. The van der Waals surface area contributed by atoms with E-state index in [0.29, 0.717) is 6.61 Å². The first kappa shape index (κ1) is 15.5. The fraction of sp³-hybridized carbons (Fsp3) is 0.769. The van der Waals surface area contributed by atoms with Crippen LogP contribution in [0.2, 0.25) is 5.02 Å². The van der Waals surface area contributed by atoms with Crippen molar-refractivity contribution in [2.75, 3.05) is 13.7 Å². The Labute approximate surface area is 115 Å². The molecule has 1 aromatic heterocycles. The van der Waals surface area contributed by atoms with Crippen LogP contribution < -0.4 is 5.32 Å². The van der Waals surface area contributed by atoms with Gasteiger partial charge in [-0.2, -0.15) is 5.10 Å². The van der Waals surface area contributed by atoms with Crippen LogP contribution >= 0.6 is 11.6 Å². The normalized spacial score (nSPS) is 13.3. The largest absolute Gasteiger partial charge is 0.377 e. The van der Waals surface area contributed by atoms with Crippen LogP contribution in [0.3, 0.4) is 0 Å². The SMILES string of the molecule is CCn1nc(C)c(Cl)c1CC(COC(C)C)NC. The Hall–Kier alpha value is -0.580. The van der Waals surface area contributed by atoms with E-state index in [1.54, 1.807) is 0 Å². The highest BCUT2D eigenvalue weighted by Gasteiger charge is 2.17. The monoisotopic (exact) mass is 273 g/mol. The number of likely N-dealkylation sites (N-methyl/N-ethyl adjacent to an activating group) is 1. The highest BCUT2D eigenvalue weighted by molar-refractivity contribution is 6.31. The van der Waals surface area contributed by atoms with E-state index in [9.17, 15) is 0 Å². The predicted octanol–water partition coefficient (Wildman–Crippen LogP) is 2.42. The first-order valence-corrected chi connectivity index (χ1v) is 6.88. The van der Waals surface area contributed by atoms with E-state index < -0.39 is 0 Å². The van der Waals surface area contributed by atoms with Gasteiger partial charge in [0.25, 0.3) is 0 Å². The van der Waals surface area contributed by atoms with Crippen LogP contribution in [-0.4, -0.2) is 35.6 Å². The smallest absolute Gasteiger partial charge is 0.0847 e. The van der Waals surface area contributed by atoms with Crippen molar-refractivity contribution in [3.05, 3.63) is 16.4 Å². The number of rotatable bonds is 7. The molecule has 1 heterocycles. The van der Waals surface area contributed by atoms with Crippen molar-refractivity contribution in [1.82, 2.24) is 15.1 Å². The zero-order valence-electron chi connectivity index (χ0n) is 12.0. The van der Waals surface area contributed by atoms with Crippen molar-refractivity contribution in [1.29, 1.82) is 0 Å². The average molecular weight is 274 g/mol. The third kappa shape index (κ3) is 3.97. The van der Waals surface area contributed by atoms with Gasteiger partial charge in [-0.25, -0.2) is 0 Å². The summed E-state index contributed by atoms with van der Waals surface area (Å²) in [6.07, 6.45) is 1.07. The Morgan fingerprint density at radius 1 is 1.44 bits per heavy atom. The second-order valence-corrected chi connectivity index (χ2v) is 5.11. The van der Waals surface area contributed by atoms with Crippen molar-refractivity contribution in [3.8, 4) is 0 Å². The zero-order valence-corrected chi connectivity index (χ0v) is 12.7. The van der Waals surface area contributed by atoms with E-state index >= 15 is 0 Å². The molecule has 0 radical (unpaired) electrons. The van der Waals surface area contributed by atoms with E-state index in [1.165, 1.54) is 0 Å². The molecule has 0 amide bonds. The fourth-order valence-corrected chi connectivity index (χ4v) is 2.06. The Kier molecular flexibility index (Phi) is 6.12. The molecular formula is C13H24ClN3O. The topological polar surface area (TPSA) is 39.1 Å². The van der Waals surface area contributed by atoms with Crippen LogP contribution in [0.4, 0.5) is 0 Å². The lowest BCUT2D eigenvalue weighted by Crippen LogP contribution is -2.34. The zero-order chi connectivity index (χ0) is 13.7. The second-order valence-electron chi connectivity index (χ2n) is 4.73. The number of hydrogen-bond donors (Lipinski definition) is 1. The summed E-state index contributed by atoms with van der Waals surface area (Å²) in [6.45, 7) is 9.62. The molecule has 0 aliphatic heterocycles. The molecule has 1 aromatic rings. The van der Waals surface area contributed by atoms with Gasteiger partial charge in [-0.15, -0.1) is 0 Å². The number of aryl methyl sites for hydroxylation is 2. The average Bonchev–Trinajstić information content (AvgIpc) is 2.61. The lowest BCUT2D eigenvalue weighted by Gasteiger charge is -2.18. The minimum Gasteiger partial charge on any atom is -0.377 e. The van der Waals surface area contributed by atoms with Gasteiger partial charge in [-0.05, 0) is 34.7 Å². The summed E-state index contributed by atoms with van der Waals surface area (Å²) in [5, 5.41) is 8.48. The minimum absolute atomic E-state index is 0.245. The van der Waals surface area contributed by atoms with Crippen molar-refractivity contribution in [3.63, 3.8) is 0 Å². The Morgan fingerprint density at radius 2 is 2.11 bits per heavy atom. The van der Waals surface area contributed by atoms with Gasteiger partial charge >= 0.3 is 0 Å². The summed E-state index contributed by atoms with van der Waals surface area (Å²) in [6, 6.07) is 0.256. The molecule has 1 atom stereocenters. The molecule has 104 valence electrons. The van der Waals surface area contributed by atoms with Gasteiger partial charge in [-0.1, -0.05) is 11.6 Å². The molecule has 0 saturated heterocycles. The van der Waals surface area contributed by atoms with Crippen molar-refractivity contribution in [2.24, 2.45) is 0 Å². The first-order valence-electron chi connectivity index (χ1n) is 6.50. The molecule has 1 N–H and O–H groups in total. The molecule has 0 bridgehead atoms. The van der Waals surface area contributed by atoms with Gasteiger partial charge in [0.2, 0.25) is 0 Å². The highest BCUT2D eigenvalue weighted by Crippen LogP contribution is 2.21. The third-order valence-corrected chi connectivity index (χ3v) is 3.42.